The summed E-state index contributed by atoms with van der Waals surface area (Å²) in [4.78, 5) is 11.2. The zero-order chi connectivity index (χ0) is 22.9. The van der Waals surface area contributed by atoms with Crippen molar-refractivity contribution in [3.8, 4) is 5.75 Å². The van der Waals surface area contributed by atoms with Gasteiger partial charge in [0, 0.05) is 23.9 Å². The van der Waals surface area contributed by atoms with E-state index in [-0.39, 0.29) is 5.97 Å². The molecule has 1 aliphatic heterocycles. The van der Waals surface area contributed by atoms with E-state index >= 15 is 0 Å². The Morgan fingerprint density at radius 1 is 1.00 bits per heavy atom. The molecule has 0 spiro atoms. The summed E-state index contributed by atoms with van der Waals surface area (Å²) in [5.74, 6) is 0.664. The van der Waals surface area contributed by atoms with Gasteiger partial charge in [0.25, 0.3) is 0 Å². The largest absolute Gasteiger partial charge is 0.488 e. The third kappa shape index (κ3) is 6.38. The zero-order valence-electron chi connectivity index (χ0n) is 19.6. The quantitative estimate of drug-likeness (QED) is 0.270. The van der Waals surface area contributed by atoms with Crippen molar-refractivity contribution in [2.45, 2.75) is 78.7 Å². The fourth-order valence-corrected chi connectivity index (χ4v) is 4.61. The first kappa shape index (κ1) is 24.4. The van der Waals surface area contributed by atoms with E-state index in [1.165, 1.54) is 49.3 Å². The van der Waals surface area contributed by atoms with Crippen molar-refractivity contribution in [3.05, 3.63) is 69.2 Å². The van der Waals surface area contributed by atoms with Crippen LogP contribution in [0.3, 0.4) is 0 Å². The number of ether oxygens (including phenoxy) is 2. The highest BCUT2D eigenvalue weighted by atomic mass is 35.5. The lowest BCUT2D eigenvalue weighted by molar-refractivity contribution is -0.140. The average Bonchev–Trinajstić information content (AvgIpc) is 2.92. The maximum atomic E-state index is 11.2. The number of hydrogen-bond donors (Lipinski definition) is 0. The lowest BCUT2D eigenvalue weighted by Crippen LogP contribution is -2.04. The van der Waals surface area contributed by atoms with Crippen LogP contribution >= 0.6 is 11.6 Å². The molecule has 0 atom stereocenters. The van der Waals surface area contributed by atoms with Gasteiger partial charge >= 0.3 is 5.97 Å². The van der Waals surface area contributed by atoms with Crippen LogP contribution in [-0.4, -0.2) is 12.6 Å². The maximum absolute atomic E-state index is 11.2. The molecule has 0 unspecified atom stereocenters. The van der Waals surface area contributed by atoms with E-state index in [1.807, 2.05) is 12.1 Å². The Hall–Kier alpha value is -2.26. The van der Waals surface area contributed by atoms with Crippen LogP contribution in [0.5, 0.6) is 5.75 Å². The molecular weight excluding hydrogens is 420 g/mol. The van der Waals surface area contributed by atoms with Crippen molar-refractivity contribution in [1.82, 2.24) is 0 Å². The molecule has 0 bridgehead atoms. The van der Waals surface area contributed by atoms with Crippen molar-refractivity contribution < 1.29 is 14.3 Å². The van der Waals surface area contributed by atoms with Gasteiger partial charge in [-0.05, 0) is 65.8 Å². The van der Waals surface area contributed by atoms with E-state index < -0.39 is 0 Å². The van der Waals surface area contributed by atoms with Crippen LogP contribution in [0.15, 0.2) is 42.0 Å². The Morgan fingerprint density at radius 3 is 2.59 bits per heavy atom. The summed E-state index contributed by atoms with van der Waals surface area (Å²) in [5, 5.41) is 0.736. The van der Waals surface area contributed by atoms with Gasteiger partial charge in [0.2, 0.25) is 0 Å². The monoisotopic (exact) mass is 454 g/mol. The first-order chi connectivity index (χ1) is 15.5. The number of benzene rings is 2. The summed E-state index contributed by atoms with van der Waals surface area (Å²) >= 11 is 6.34. The number of unbranched alkanes of at least 4 members (excludes halogenated alkanes) is 3. The molecule has 172 valence electrons. The highest BCUT2D eigenvalue weighted by Crippen LogP contribution is 2.42. The molecule has 3 rings (SSSR count). The maximum Gasteiger partial charge on any atom is 0.302 e. The molecule has 1 heterocycles. The Kier molecular flexibility index (Phi) is 9.23. The third-order valence-corrected chi connectivity index (χ3v) is 6.20. The van der Waals surface area contributed by atoms with Gasteiger partial charge in [0.05, 0.1) is 6.61 Å². The number of esters is 1. The molecule has 2 aromatic carbocycles. The predicted octanol–water partition coefficient (Wildman–Crippen LogP) is 7.91. The number of carbonyl (C=O) groups is 1. The van der Waals surface area contributed by atoms with E-state index in [9.17, 15) is 4.79 Å². The minimum absolute atomic E-state index is 0.244. The fraction of sp³-hybridized carbons (Fsp3) is 0.464. The smallest absolute Gasteiger partial charge is 0.302 e. The minimum Gasteiger partial charge on any atom is -0.488 e. The van der Waals surface area contributed by atoms with Gasteiger partial charge in [0.15, 0.2) is 0 Å². The van der Waals surface area contributed by atoms with Gasteiger partial charge < -0.3 is 9.47 Å². The summed E-state index contributed by atoms with van der Waals surface area (Å²) < 4.78 is 11.4. The van der Waals surface area contributed by atoms with Crippen LogP contribution in [0.25, 0.3) is 5.57 Å². The van der Waals surface area contributed by atoms with Crippen molar-refractivity contribution in [2.75, 3.05) is 6.61 Å². The van der Waals surface area contributed by atoms with E-state index in [2.05, 4.69) is 38.1 Å². The average molecular weight is 455 g/mol. The van der Waals surface area contributed by atoms with Gasteiger partial charge in [-0.1, -0.05) is 68.8 Å². The Labute approximate surface area is 197 Å². The summed E-state index contributed by atoms with van der Waals surface area (Å²) in [6.07, 6.45) is 8.95. The second kappa shape index (κ2) is 12.1. The Morgan fingerprint density at radius 2 is 1.84 bits per heavy atom. The number of carbonyl (C=O) groups excluding carboxylic acids is 1. The zero-order valence-corrected chi connectivity index (χ0v) is 20.4. The molecule has 3 nitrogen and oxygen atoms in total. The summed E-state index contributed by atoms with van der Waals surface area (Å²) in [6.45, 7) is 6.84. The van der Waals surface area contributed by atoms with Crippen molar-refractivity contribution in [3.63, 3.8) is 0 Å². The predicted molar refractivity (Wildman–Crippen MR) is 132 cm³/mol. The lowest BCUT2D eigenvalue weighted by atomic mass is 9.86. The van der Waals surface area contributed by atoms with Gasteiger partial charge in [0.1, 0.15) is 12.4 Å². The lowest BCUT2D eigenvalue weighted by Gasteiger charge is -2.18. The number of fused-ring (bicyclic) bond motifs is 2. The van der Waals surface area contributed by atoms with Crippen LogP contribution < -0.4 is 4.74 Å². The molecule has 0 radical (unpaired) electrons. The molecule has 4 heteroatoms. The van der Waals surface area contributed by atoms with Crippen LogP contribution in [0, 0.1) is 0 Å². The van der Waals surface area contributed by atoms with Gasteiger partial charge in [-0.15, -0.1) is 0 Å². The molecule has 0 saturated heterocycles. The molecule has 1 aliphatic rings. The van der Waals surface area contributed by atoms with E-state index in [1.54, 1.807) is 0 Å². The molecule has 0 aliphatic carbocycles. The molecule has 2 aromatic rings. The number of allylic oxidation sites excluding steroid dienone is 1. The second-order valence-corrected chi connectivity index (χ2v) is 8.99. The second-order valence-electron chi connectivity index (χ2n) is 8.55. The van der Waals surface area contributed by atoms with E-state index in [0.29, 0.717) is 19.6 Å². The van der Waals surface area contributed by atoms with Gasteiger partial charge in [-0.2, -0.15) is 0 Å². The molecule has 0 amide bonds. The molecule has 0 fully saturated rings. The molecule has 0 aromatic heterocycles. The van der Waals surface area contributed by atoms with Crippen molar-refractivity contribution in [2.24, 2.45) is 0 Å². The van der Waals surface area contributed by atoms with Crippen LogP contribution in [-0.2, 0) is 22.6 Å². The Bertz CT molecular complexity index is 961. The minimum atomic E-state index is -0.244. The molecule has 0 N–H and O–H groups in total. The molecule has 0 saturated carbocycles. The third-order valence-electron chi connectivity index (χ3n) is 5.97. The van der Waals surface area contributed by atoms with Crippen LogP contribution in [0.1, 0.15) is 88.0 Å². The fourth-order valence-electron chi connectivity index (χ4n) is 4.42. The molecular formula is C28H35ClO3. The normalized spacial score (nSPS) is 14.1. The SMILES string of the molecule is CCCCCC/C(CCC)=C1/c2ccc(Cl)cc2COc2ccc(CCOC(C)=O)cc21. The highest BCUT2D eigenvalue weighted by molar-refractivity contribution is 6.30. The van der Waals surface area contributed by atoms with Crippen molar-refractivity contribution in [1.29, 1.82) is 0 Å². The number of halogens is 1. The van der Waals surface area contributed by atoms with E-state index in [0.717, 1.165) is 46.7 Å². The van der Waals surface area contributed by atoms with Crippen molar-refractivity contribution >= 4 is 23.1 Å². The molecule has 32 heavy (non-hydrogen) atoms. The summed E-state index contributed by atoms with van der Waals surface area (Å²) in [7, 11) is 0. The highest BCUT2D eigenvalue weighted by Gasteiger charge is 2.23. The first-order valence-electron chi connectivity index (χ1n) is 11.9. The Balaban J connectivity index is 2.08. The summed E-state index contributed by atoms with van der Waals surface area (Å²) in [6, 6.07) is 12.5. The first-order valence-corrected chi connectivity index (χ1v) is 12.3. The standard InChI is InChI=1S/C28H35ClO3/c1-4-6-7-8-10-22(9-5-2)28-25-13-12-24(29)18-23(25)19-32-27-14-11-21(17-26(27)28)15-16-31-20(3)30/h11-14,17-18H,4-10,15-16,19H2,1-3H3/b28-22-. The number of hydrogen-bond acceptors (Lipinski definition) is 3. The topological polar surface area (TPSA) is 35.5 Å². The van der Waals surface area contributed by atoms with E-state index in [4.69, 9.17) is 21.1 Å². The van der Waals surface area contributed by atoms with Crippen LogP contribution in [0.2, 0.25) is 5.02 Å². The number of rotatable bonds is 10. The summed E-state index contributed by atoms with van der Waals surface area (Å²) in [5.41, 5.74) is 7.44. The van der Waals surface area contributed by atoms with Gasteiger partial charge in [-0.25, -0.2) is 0 Å². The van der Waals surface area contributed by atoms with Crippen LogP contribution in [0.4, 0.5) is 0 Å². The van der Waals surface area contributed by atoms with Gasteiger partial charge in [-0.3, -0.25) is 4.79 Å².